The molecule has 13 heavy (non-hydrogen) atoms. The van der Waals surface area contributed by atoms with Crippen molar-refractivity contribution in [3.63, 3.8) is 0 Å². The first-order valence-corrected chi connectivity index (χ1v) is 5.19. The predicted molar refractivity (Wildman–Crippen MR) is 53.9 cm³/mol. The second-order valence-corrected chi connectivity index (χ2v) is 4.01. The van der Waals surface area contributed by atoms with Crippen LogP contribution in [0.25, 0.3) is 0 Å². The lowest BCUT2D eigenvalue weighted by molar-refractivity contribution is 0.549. The van der Waals surface area contributed by atoms with Crippen LogP contribution in [0.3, 0.4) is 0 Å². The van der Waals surface area contributed by atoms with Crippen molar-refractivity contribution in [1.29, 1.82) is 0 Å². The lowest BCUT2D eigenvalue weighted by atomic mass is 10.2. The quantitative estimate of drug-likeness (QED) is 0.685. The first-order chi connectivity index (χ1) is 6.24. The molecule has 0 fully saturated rings. The minimum Gasteiger partial charge on any atom is -0.249 e. The largest absolute Gasteiger partial charge is 0.249 e. The second-order valence-electron chi connectivity index (χ2n) is 3.27. The van der Waals surface area contributed by atoms with Crippen LogP contribution in [0.4, 0.5) is 0 Å². The van der Waals surface area contributed by atoms with Crippen LogP contribution in [0.1, 0.15) is 32.4 Å². The molecule has 0 aliphatic heterocycles. The van der Waals surface area contributed by atoms with E-state index in [1.165, 1.54) is 5.69 Å². The first kappa shape index (κ1) is 10.5. The molecule has 4 heteroatoms. The van der Waals surface area contributed by atoms with Gasteiger partial charge in [-0.15, -0.1) is 16.7 Å². The van der Waals surface area contributed by atoms with Crippen molar-refractivity contribution in [2.45, 2.75) is 45.0 Å². The monoisotopic (exact) mass is 201 g/mol. The van der Waals surface area contributed by atoms with Crippen molar-refractivity contribution >= 4 is 11.6 Å². The average molecular weight is 202 g/mol. The molecule has 1 aromatic rings. The Kier molecular flexibility index (Phi) is 4.22. The minimum atomic E-state index is 0.227. The third kappa shape index (κ3) is 3.35. The molecule has 0 saturated heterocycles. The van der Waals surface area contributed by atoms with Gasteiger partial charge >= 0.3 is 0 Å². The van der Waals surface area contributed by atoms with Gasteiger partial charge in [0, 0.05) is 11.9 Å². The Bertz CT molecular complexity index is 245. The van der Waals surface area contributed by atoms with Gasteiger partial charge in [-0.25, -0.2) is 4.68 Å². The molecule has 74 valence electrons. The number of nitrogens with zero attached hydrogens (tertiary/aromatic N) is 3. The molecule has 0 bridgehead atoms. The van der Waals surface area contributed by atoms with Gasteiger partial charge in [0.25, 0.3) is 0 Å². The maximum Gasteiger partial charge on any atom is 0.0725 e. The molecular formula is C9H16ClN3. The third-order valence-electron chi connectivity index (χ3n) is 1.93. The van der Waals surface area contributed by atoms with E-state index in [4.69, 9.17) is 11.6 Å². The Hall–Kier alpha value is -0.570. The summed E-state index contributed by atoms with van der Waals surface area (Å²) in [5, 5.41) is 8.12. The van der Waals surface area contributed by atoms with Gasteiger partial charge in [0.15, 0.2) is 0 Å². The highest BCUT2D eigenvalue weighted by Gasteiger charge is 2.04. The molecule has 0 N–H and O–H groups in total. The fourth-order valence-corrected chi connectivity index (χ4v) is 1.33. The van der Waals surface area contributed by atoms with E-state index in [2.05, 4.69) is 17.2 Å². The summed E-state index contributed by atoms with van der Waals surface area (Å²) in [4.78, 5) is 0. The SMILES string of the molecule is CCCn1nncc1CCC(C)Cl. The molecular weight excluding hydrogens is 186 g/mol. The Balaban J connectivity index is 2.49. The summed E-state index contributed by atoms with van der Waals surface area (Å²) >= 11 is 5.87. The zero-order valence-electron chi connectivity index (χ0n) is 8.20. The summed E-state index contributed by atoms with van der Waals surface area (Å²) in [6.45, 7) is 5.09. The summed E-state index contributed by atoms with van der Waals surface area (Å²) in [5.74, 6) is 0. The zero-order chi connectivity index (χ0) is 9.68. The van der Waals surface area contributed by atoms with Crippen molar-refractivity contribution in [2.75, 3.05) is 0 Å². The molecule has 1 atom stereocenters. The van der Waals surface area contributed by atoms with Crippen LogP contribution in [0, 0.1) is 0 Å². The molecule has 0 saturated carbocycles. The Morgan fingerprint density at radius 1 is 1.62 bits per heavy atom. The highest BCUT2D eigenvalue weighted by Crippen LogP contribution is 2.07. The third-order valence-corrected chi connectivity index (χ3v) is 2.15. The van der Waals surface area contributed by atoms with Crippen molar-refractivity contribution in [3.05, 3.63) is 11.9 Å². The fraction of sp³-hybridized carbons (Fsp3) is 0.778. The van der Waals surface area contributed by atoms with Crippen LogP contribution in [0.2, 0.25) is 0 Å². The van der Waals surface area contributed by atoms with E-state index in [9.17, 15) is 0 Å². The van der Waals surface area contributed by atoms with Gasteiger partial charge in [0.1, 0.15) is 0 Å². The molecule has 0 radical (unpaired) electrons. The van der Waals surface area contributed by atoms with Crippen LogP contribution in [-0.2, 0) is 13.0 Å². The highest BCUT2D eigenvalue weighted by molar-refractivity contribution is 6.20. The van der Waals surface area contributed by atoms with Crippen molar-refractivity contribution in [1.82, 2.24) is 15.0 Å². The van der Waals surface area contributed by atoms with Gasteiger partial charge in [-0.2, -0.15) is 0 Å². The molecule has 0 amide bonds. The number of aromatic nitrogens is 3. The lowest BCUT2D eigenvalue weighted by Gasteiger charge is -2.04. The predicted octanol–water partition coefficient (Wildman–Crippen LogP) is 2.25. The average Bonchev–Trinajstić information content (AvgIpc) is 2.49. The minimum absolute atomic E-state index is 0.227. The van der Waals surface area contributed by atoms with Crippen molar-refractivity contribution in [3.8, 4) is 0 Å². The van der Waals surface area contributed by atoms with Crippen LogP contribution in [-0.4, -0.2) is 20.4 Å². The van der Waals surface area contributed by atoms with E-state index < -0.39 is 0 Å². The van der Waals surface area contributed by atoms with E-state index >= 15 is 0 Å². The molecule has 1 unspecified atom stereocenters. The van der Waals surface area contributed by atoms with Gasteiger partial charge in [0.05, 0.1) is 11.9 Å². The number of halogens is 1. The van der Waals surface area contributed by atoms with Gasteiger partial charge in [-0.05, 0) is 26.2 Å². The normalized spacial score (nSPS) is 13.2. The second kappa shape index (κ2) is 5.22. The topological polar surface area (TPSA) is 30.7 Å². The summed E-state index contributed by atoms with van der Waals surface area (Å²) in [6.07, 6.45) is 4.87. The number of rotatable bonds is 5. The van der Waals surface area contributed by atoms with E-state index in [-0.39, 0.29) is 5.38 Å². The lowest BCUT2D eigenvalue weighted by Crippen LogP contribution is -2.06. The molecule has 1 aromatic heterocycles. The summed E-state index contributed by atoms with van der Waals surface area (Å²) in [6, 6.07) is 0. The van der Waals surface area contributed by atoms with Gasteiger partial charge in [-0.1, -0.05) is 12.1 Å². The van der Waals surface area contributed by atoms with Gasteiger partial charge < -0.3 is 0 Å². The Morgan fingerprint density at radius 3 is 3.00 bits per heavy atom. The van der Waals surface area contributed by atoms with Crippen LogP contribution < -0.4 is 0 Å². The molecule has 1 rings (SSSR count). The molecule has 0 aromatic carbocycles. The number of aryl methyl sites for hydroxylation is 2. The zero-order valence-corrected chi connectivity index (χ0v) is 8.96. The van der Waals surface area contributed by atoms with E-state index in [1.807, 2.05) is 17.8 Å². The van der Waals surface area contributed by atoms with E-state index in [0.29, 0.717) is 0 Å². The number of alkyl halides is 1. The summed E-state index contributed by atoms with van der Waals surface area (Å²) in [5.41, 5.74) is 1.19. The molecule has 0 aliphatic rings. The molecule has 0 aliphatic carbocycles. The first-order valence-electron chi connectivity index (χ1n) is 4.75. The number of hydrogen-bond acceptors (Lipinski definition) is 2. The number of hydrogen-bond donors (Lipinski definition) is 0. The van der Waals surface area contributed by atoms with E-state index in [1.54, 1.807) is 0 Å². The molecule has 3 nitrogen and oxygen atoms in total. The van der Waals surface area contributed by atoms with E-state index in [0.717, 1.165) is 25.8 Å². The summed E-state index contributed by atoms with van der Waals surface area (Å²) < 4.78 is 1.96. The molecule has 0 spiro atoms. The smallest absolute Gasteiger partial charge is 0.0725 e. The van der Waals surface area contributed by atoms with Crippen LogP contribution >= 0.6 is 11.6 Å². The van der Waals surface area contributed by atoms with Crippen LogP contribution in [0.5, 0.6) is 0 Å². The van der Waals surface area contributed by atoms with Crippen molar-refractivity contribution < 1.29 is 0 Å². The highest BCUT2D eigenvalue weighted by atomic mass is 35.5. The maximum atomic E-state index is 5.87. The van der Waals surface area contributed by atoms with Crippen LogP contribution in [0.15, 0.2) is 6.20 Å². The van der Waals surface area contributed by atoms with Gasteiger partial charge in [0.2, 0.25) is 0 Å². The van der Waals surface area contributed by atoms with Gasteiger partial charge in [-0.3, -0.25) is 0 Å². The fourth-order valence-electron chi connectivity index (χ4n) is 1.22. The Morgan fingerprint density at radius 2 is 2.38 bits per heavy atom. The Labute approximate surface area is 84.1 Å². The maximum absolute atomic E-state index is 5.87. The standard InChI is InChI=1S/C9H16ClN3/c1-3-6-13-9(7-11-12-13)5-4-8(2)10/h7-8H,3-6H2,1-2H3. The summed E-state index contributed by atoms with van der Waals surface area (Å²) in [7, 11) is 0. The molecule has 1 heterocycles. The van der Waals surface area contributed by atoms with Crippen molar-refractivity contribution in [2.24, 2.45) is 0 Å².